The molecule has 0 atom stereocenters. The van der Waals surface area contributed by atoms with E-state index in [1.165, 1.54) is 10.4 Å². The first-order valence-electron chi connectivity index (χ1n) is 19.1. The van der Waals surface area contributed by atoms with Gasteiger partial charge in [-0.25, -0.2) is 22.5 Å². The van der Waals surface area contributed by atoms with E-state index >= 15 is 0 Å². The maximum absolute atomic E-state index is 12.4. The molecule has 0 aliphatic heterocycles. The number of allylic oxidation sites excluding steroid dienone is 8. The van der Waals surface area contributed by atoms with E-state index in [2.05, 4.69) is 49.6 Å². The fourth-order valence-electron chi connectivity index (χ4n) is 7.68. The van der Waals surface area contributed by atoms with Crippen molar-refractivity contribution >= 4 is 20.0 Å². The van der Waals surface area contributed by atoms with Gasteiger partial charge in [0.15, 0.2) is 0 Å². The van der Waals surface area contributed by atoms with Crippen LogP contribution in [0.4, 0.5) is 0 Å². The van der Waals surface area contributed by atoms with Gasteiger partial charge in [-0.05, 0) is 33.4 Å². The molecule has 0 fully saturated rings. The number of aliphatic carboxylic acids is 2. The second-order valence-corrected chi connectivity index (χ2v) is 18.7. The van der Waals surface area contributed by atoms with Crippen LogP contribution in [0.5, 0.6) is 0 Å². The van der Waals surface area contributed by atoms with Gasteiger partial charge < -0.3 is 10.2 Å². The third-order valence-electron chi connectivity index (χ3n) is 10.6. The molecule has 0 spiro atoms. The smallest absolute Gasteiger partial charge is 0.480 e. The third-order valence-corrected chi connectivity index (χ3v) is 14.0. The standard InChI is InChI=1S/2C20H16O2.C12H14Si.Ti/c2*21-19(22)20(16-10-4-1-5-11-16,17-12-6-2-7-13-17)18-14-8-3-9-15-18;1-13(2,11-7-3-4-8-11)12-9-5-6-10-12;/h2*1-15H,(H,21,22);3,5,7,9H,4,6H2,1-2H3;/q;;-2;+2. The Kier molecular flexibility index (Phi) is 14.9. The van der Waals surface area contributed by atoms with E-state index in [0.717, 1.165) is 46.2 Å². The molecule has 6 heteroatoms. The molecule has 0 heterocycles. The average Bonchev–Trinajstić information content (AvgIpc) is 4.02. The molecule has 0 amide bonds. The minimum Gasteiger partial charge on any atom is -0.480 e. The van der Waals surface area contributed by atoms with Crippen molar-refractivity contribution in [2.24, 2.45) is 0 Å². The summed E-state index contributed by atoms with van der Waals surface area (Å²) in [6.07, 6.45) is 17.8. The van der Waals surface area contributed by atoms with Gasteiger partial charge in [0.1, 0.15) is 10.8 Å². The molecule has 2 aliphatic carbocycles. The molecule has 6 aromatic rings. The van der Waals surface area contributed by atoms with Crippen molar-refractivity contribution in [3.8, 4) is 0 Å². The monoisotopic (exact) mass is 810 g/mol. The number of carbonyl (C=O) groups is 2. The average molecular weight is 811 g/mol. The second kappa shape index (κ2) is 20.0. The molecule has 0 unspecified atom stereocenters. The normalized spacial score (nSPS) is 13.1. The molecule has 2 N–H and O–H groups in total. The van der Waals surface area contributed by atoms with Crippen LogP contribution in [0, 0.1) is 12.2 Å². The van der Waals surface area contributed by atoms with Gasteiger partial charge in [0, 0.05) is 8.07 Å². The number of carboxylic acids is 2. The first-order chi connectivity index (χ1) is 27.7. The summed E-state index contributed by atoms with van der Waals surface area (Å²) in [5, 5.41) is 23.3. The predicted octanol–water partition coefficient (Wildman–Crippen LogP) is 11.4. The zero-order chi connectivity index (χ0) is 40.1. The zero-order valence-electron chi connectivity index (χ0n) is 32.8. The molecule has 0 saturated carbocycles. The van der Waals surface area contributed by atoms with Gasteiger partial charge in [0.25, 0.3) is 0 Å². The Balaban J connectivity index is 0.000000170. The van der Waals surface area contributed by atoms with Crippen LogP contribution < -0.4 is 0 Å². The Labute approximate surface area is 358 Å². The van der Waals surface area contributed by atoms with Gasteiger partial charge in [0.2, 0.25) is 0 Å². The molecule has 0 bridgehead atoms. The minimum absolute atomic E-state index is 0. The summed E-state index contributed by atoms with van der Waals surface area (Å²) in [5.74, 6) is -1.76. The zero-order valence-corrected chi connectivity index (χ0v) is 35.3. The van der Waals surface area contributed by atoms with Crippen LogP contribution in [0.1, 0.15) is 46.2 Å². The fraction of sp³-hybridized carbons (Fsp3) is 0.115. The van der Waals surface area contributed by atoms with Crippen molar-refractivity contribution < 1.29 is 41.5 Å². The van der Waals surface area contributed by atoms with Gasteiger partial charge in [-0.2, -0.15) is 12.2 Å². The second-order valence-electron chi connectivity index (χ2n) is 14.3. The summed E-state index contributed by atoms with van der Waals surface area (Å²) in [4.78, 5) is 24.8. The van der Waals surface area contributed by atoms with Crippen LogP contribution in [0.25, 0.3) is 0 Å². The maximum atomic E-state index is 12.4. The summed E-state index contributed by atoms with van der Waals surface area (Å²) in [6.45, 7) is 4.76. The first-order valence-corrected chi connectivity index (χ1v) is 22.1. The molecule has 8 rings (SSSR count). The Morgan fingerprint density at radius 3 is 0.793 bits per heavy atom. The number of hydrogen-bond acceptors (Lipinski definition) is 2. The molecule has 286 valence electrons. The molecule has 58 heavy (non-hydrogen) atoms. The molecule has 6 aromatic carbocycles. The largest absolute Gasteiger partial charge is 2.00 e. The van der Waals surface area contributed by atoms with E-state index in [0.29, 0.717) is 0 Å². The predicted molar refractivity (Wildman–Crippen MR) is 232 cm³/mol. The van der Waals surface area contributed by atoms with Crippen LogP contribution in [-0.2, 0) is 42.1 Å². The van der Waals surface area contributed by atoms with Crippen molar-refractivity contribution in [2.75, 3.05) is 0 Å². The molecule has 0 aromatic heterocycles. The Hall–Kier alpha value is -5.85. The van der Waals surface area contributed by atoms with Gasteiger partial charge in [-0.15, -0.1) is 12.8 Å². The number of rotatable bonds is 10. The molecule has 0 radical (unpaired) electrons. The third kappa shape index (κ3) is 8.98. The summed E-state index contributed by atoms with van der Waals surface area (Å²) < 4.78 is 0. The molecule has 4 nitrogen and oxygen atoms in total. The van der Waals surface area contributed by atoms with E-state index in [-0.39, 0.29) is 21.7 Å². The van der Waals surface area contributed by atoms with E-state index in [9.17, 15) is 19.8 Å². The number of benzene rings is 6. The maximum Gasteiger partial charge on any atom is 2.00 e. The van der Waals surface area contributed by atoms with E-state index in [4.69, 9.17) is 0 Å². The summed E-state index contributed by atoms with van der Waals surface area (Å²) in [5.41, 5.74) is 2.09. The summed E-state index contributed by atoms with van der Waals surface area (Å²) in [7, 11) is -1.40. The SMILES string of the molecule is C[Si](C)(C1=[C-]CC=C1)C1=[C-]CC=C1.O=C(O)C(c1ccccc1)(c1ccccc1)c1ccccc1.O=C(O)C(c1ccccc1)(c1ccccc1)c1ccccc1.[Ti+2]. The van der Waals surface area contributed by atoms with Crippen LogP contribution >= 0.6 is 0 Å². The van der Waals surface area contributed by atoms with Gasteiger partial charge in [-0.1, -0.05) is 195 Å². The Morgan fingerprint density at radius 2 is 0.638 bits per heavy atom. The van der Waals surface area contributed by atoms with Crippen molar-refractivity contribution in [1.82, 2.24) is 0 Å². The molecular weight excluding hydrogens is 765 g/mol. The van der Waals surface area contributed by atoms with E-state index in [1.54, 1.807) is 0 Å². The van der Waals surface area contributed by atoms with Crippen LogP contribution in [0.2, 0.25) is 13.1 Å². The van der Waals surface area contributed by atoms with Crippen molar-refractivity contribution in [3.05, 3.63) is 262 Å². The van der Waals surface area contributed by atoms with Crippen molar-refractivity contribution in [3.63, 3.8) is 0 Å². The van der Waals surface area contributed by atoms with Crippen molar-refractivity contribution in [1.29, 1.82) is 0 Å². The topological polar surface area (TPSA) is 74.6 Å². The van der Waals surface area contributed by atoms with Crippen molar-refractivity contribution in [2.45, 2.75) is 36.8 Å². The molecule has 2 aliphatic rings. The van der Waals surface area contributed by atoms with Gasteiger partial charge in [0.05, 0.1) is 0 Å². The van der Waals surface area contributed by atoms with Crippen LogP contribution in [0.15, 0.2) is 217 Å². The Morgan fingerprint density at radius 1 is 0.431 bits per heavy atom. The van der Waals surface area contributed by atoms with E-state index < -0.39 is 30.8 Å². The minimum atomic E-state index is -1.40. The fourth-order valence-corrected chi connectivity index (χ4v) is 10.1. The van der Waals surface area contributed by atoms with Crippen LogP contribution in [-0.4, -0.2) is 30.2 Å². The van der Waals surface area contributed by atoms with E-state index in [1.807, 2.05) is 182 Å². The number of hydrogen-bond donors (Lipinski definition) is 2. The quantitative estimate of drug-likeness (QED) is 0.0821. The summed E-state index contributed by atoms with van der Waals surface area (Å²) in [6, 6.07) is 56.3. The Bertz CT molecular complexity index is 1990. The summed E-state index contributed by atoms with van der Waals surface area (Å²) >= 11 is 0. The van der Waals surface area contributed by atoms with Crippen LogP contribution in [0.3, 0.4) is 0 Å². The number of carboxylic acid groups (broad SMARTS) is 2. The molecular formula is C52H46O4SiTi. The van der Waals surface area contributed by atoms with Gasteiger partial charge in [-0.3, -0.25) is 21.7 Å². The van der Waals surface area contributed by atoms with Gasteiger partial charge >= 0.3 is 33.7 Å². The first kappa shape index (κ1) is 43.3. The molecule has 0 saturated heterocycles.